The van der Waals surface area contributed by atoms with Gasteiger partial charge in [-0.2, -0.15) is 0 Å². The Morgan fingerprint density at radius 2 is 1.88 bits per heavy atom. The van der Waals surface area contributed by atoms with E-state index in [-0.39, 0.29) is 11.3 Å². The van der Waals surface area contributed by atoms with Crippen LogP contribution in [0, 0.1) is 13.8 Å². The molecule has 0 saturated heterocycles. The molecule has 0 aliphatic heterocycles. The average Bonchev–Trinajstić information content (AvgIpc) is 3.08. The van der Waals surface area contributed by atoms with E-state index in [4.69, 9.17) is 0 Å². The molecule has 0 unspecified atom stereocenters. The number of hydrogen-bond acceptors (Lipinski definition) is 4. The molecule has 1 aliphatic carbocycles. The van der Waals surface area contributed by atoms with E-state index in [0.717, 1.165) is 40.7 Å². The van der Waals surface area contributed by atoms with E-state index >= 15 is 0 Å². The summed E-state index contributed by atoms with van der Waals surface area (Å²) in [5.74, 6) is 1.01. The third-order valence-corrected chi connectivity index (χ3v) is 8.10. The maximum absolute atomic E-state index is 12.4. The lowest BCUT2D eigenvalue weighted by molar-refractivity contribution is 0.296. The molecule has 2 N–H and O–H groups in total. The number of nitrogens with one attached hydrogen (secondary N) is 2. The van der Waals surface area contributed by atoms with Crippen molar-refractivity contribution in [2.45, 2.75) is 58.4 Å². The molecule has 6 nitrogen and oxygen atoms in total. The van der Waals surface area contributed by atoms with E-state index in [2.05, 4.69) is 42.3 Å². The van der Waals surface area contributed by atoms with Crippen molar-refractivity contribution in [3.05, 3.63) is 57.0 Å². The second-order valence-corrected chi connectivity index (χ2v) is 12.3. The fourth-order valence-corrected chi connectivity index (χ4v) is 5.52. The van der Waals surface area contributed by atoms with Crippen molar-refractivity contribution in [2.24, 2.45) is 7.05 Å². The number of rotatable bonds is 7. The van der Waals surface area contributed by atoms with Crippen LogP contribution in [0.3, 0.4) is 0 Å². The Labute approximate surface area is 196 Å². The lowest BCUT2D eigenvalue weighted by atomic mass is 9.75. The number of pyridine rings is 1. The lowest BCUT2D eigenvalue weighted by Crippen LogP contribution is -2.41. The highest BCUT2D eigenvalue weighted by Gasteiger charge is 2.30. The first-order valence-corrected chi connectivity index (χ1v) is 13.8. The van der Waals surface area contributed by atoms with Crippen molar-refractivity contribution in [1.29, 1.82) is 0 Å². The Morgan fingerprint density at radius 3 is 2.52 bits per heavy atom. The SMILES string of the molecule is Cc1c(-c2[nH]c3ccc(C4CC(NCCS(C)(=O)=O)C4)cc3c2C(C)C)cn(C)c(=O)c1C. The van der Waals surface area contributed by atoms with Crippen LogP contribution in [-0.2, 0) is 16.9 Å². The molecule has 2 heterocycles. The number of aromatic amines is 1. The number of H-pyrrole nitrogens is 1. The standard InChI is InChI=1S/C26H35N3O3S/c1-15(2)24-21-13-18(19-11-20(12-19)27-9-10-33(6,31)32)7-8-23(21)28-25(24)22-14-29(5)26(30)17(4)16(22)3/h7-8,13-15,19-20,27-28H,9-12H2,1-6H3. The van der Waals surface area contributed by atoms with Crippen molar-refractivity contribution in [3.8, 4) is 11.3 Å². The summed E-state index contributed by atoms with van der Waals surface area (Å²) in [7, 11) is -1.11. The zero-order valence-corrected chi connectivity index (χ0v) is 21.3. The molecule has 1 saturated carbocycles. The number of sulfone groups is 1. The van der Waals surface area contributed by atoms with E-state index in [9.17, 15) is 13.2 Å². The molecular weight excluding hydrogens is 434 g/mol. The summed E-state index contributed by atoms with van der Waals surface area (Å²) in [6.07, 6.45) is 5.29. The van der Waals surface area contributed by atoms with Gasteiger partial charge in [0.15, 0.2) is 0 Å². The molecule has 1 aliphatic rings. The largest absolute Gasteiger partial charge is 0.354 e. The summed E-state index contributed by atoms with van der Waals surface area (Å²) in [5.41, 5.74) is 7.77. The van der Waals surface area contributed by atoms with Gasteiger partial charge in [-0.1, -0.05) is 19.9 Å². The average molecular weight is 470 g/mol. The van der Waals surface area contributed by atoms with Crippen molar-refractivity contribution < 1.29 is 8.42 Å². The van der Waals surface area contributed by atoms with Crippen LogP contribution >= 0.6 is 0 Å². The lowest BCUT2D eigenvalue weighted by Gasteiger charge is -2.36. The van der Waals surface area contributed by atoms with Gasteiger partial charge in [-0.15, -0.1) is 0 Å². The Morgan fingerprint density at radius 1 is 1.18 bits per heavy atom. The molecule has 0 spiro atoms. The second-order valence-electron chi connectivity index (χ2n) is 10.0. The number of aryl methyl sites for hydroxylation is 1. The number of fused-ring (bicyclic) bond motifs is 1. The summed E-state index contributed by atoms with van der Waals surface area (Å²) in [4.78, 5) is 16.0. The predicted octanol–water partition coefficient (Wildman–Crippen LogP) is 4.15. The molecule has 1 aromatic carbocycles. The topological polar surface area (TPSA) is 84.0 Å². The molecule has 33 heavy (non-hydrogen) atoms. The van der Waals surface area contributed by atoms with Crippen molar-refractivity contribution in [1.82, 2.24) is 14.9 Å². The van der Waals surface area contributed by atoms with Gasteiger partial charge in [0.1, 0.15) is 9.84 Å². The summed E-state index contributed by atoms with van der Waals surface area (Å²) in [5, 5.41) is 4.62. The minimum atomic E-state index is -2.92. The number of nitrogens with zero attached hydrogens (tertiary/aromatic N) is 1. The van der Waals surface area contributed by atoms with E-state index in [1.807, 2.05) is 27.1 Å². The highest BCUT2D eigenvalue weighted by atomic mass is 32.2. The number of aromatic nitrogens is 2. The molecule has 3 aromatic rings. The molecule has 2 aromatic heterocycles. The maximum atomic E-state index is 12.4. The van der Waals surface area contributed by atoms with Crippen LogP contribution < -0.4 is 10.9 Å². The predicted molar refractivity (Wildman–Crippen MR) is 136 cm³/mol. The first kappa shape index (κ1) is 23.8. The van der Waals surface area contributed by atoms with E-state index in [1.54, 1.807) is 4.57 Å². The molecular formula is C26H35N3O3S. The molecule has 4 rings (SSSR count). The van der Waals surface area contributed by atoms with E-state index < -0.39 is 9.84 Å². The summed E-state index contributed by atoms with van der Waals surface area (Å²) >= 11 is 0. The van der Waals surface area contributed by atoms with Crippen LogP contribution in [-0.4, -0.2) is 42.6 Å². The van der Waals surface area contributed by atoms with Gasteiger partial charge in [0, 0.05) is 54.1 Å². The Bertz CT molecular complexity index is 1360. The fraction of sp³-hybridized carbons (Fsp3) is 0.500. The van der Waals surface area contributed by atoms with Crippen LogP contribution in [0.4, 0.5) is 0 Å². The zero-order chi connectivity index (χ0) is 24.1. The van der Waals surface area contributed by atoms with Gasteiger partial charge in [-0.05, 0) is 67.3 Å². The van der Waals surface area contributed by atoms with Crippen LogP contribution in [0.25, 0.3) is 22.2 Å². The first-order valence-electron chi connectivity index (χ1n) is 11.7. The van der Waals surface area contributed by atoms with E-state index in [1.165, 1.54) is 22.8 Å². The molecule has 0 bridgehead atoms. The first-order chi connectivity index (χ1) is 15.5. The van der Waals surface area contributed by atoms with Crippen molar-refractivity contribution >= 4 is 20.7 Å². The molecule has 0 radical (unpaired) electrons. The van der Waals surface area contributed by atoms with Gasteiger partial charge >= 0.3 is 0 Å². The van der Waals surface area contributed by atoms with Gasteiger partial charge in [-0.25, -0.2) is 8.42 Å². The normalized spacial score (nSPS) is 18.8. The summed E-state index contributed by atoms with van der Waals surface area (Å²) in [6.45, 7) is 8.88. The fourth-order valence-electron chi connectivity index (χ4n) is 5.03. The quantitative estimate of drug-likeness (QED) is 0.544. The maximum Gasteiger partial charge on any atom is 0.253 e. The monoisotopic (exact) mass is 469 g/mol. The van der Waals surface area contributed by atoms with Crippen molar-refractivity contribution in [2.75, 3.05) is 18.6 Å². The van der Waals surface area contributed by atoms with Crippen LogP contribution in [0.15, 0.2) is 29.2 Å². The summed E-state index contributed by atoms with van der Waals surface area (Å²) < 4.78 is 24.3. The highest BCUT2D eigenvalue weighted by Crippen LogP contribution is 2.41. The summed E-state index contributed by atoms with van der Waals surface area (Å²) in [6, 6.07) is 7.10. The minimum Gasteiger partial charge on any atom is -0.354 e. The number of benzene rings is 1. The van der Waals surface area contributed by atoms with Crippen LogP contribution in [0.2, 0.25) is 0 Å². The minimum absolute atomic E-state index is 0.0467. The Balaban J connectivity index is 1.64. The van der Waals surface area contributed by atoms with Gasteiger partial charge in [-0.3, -0.25) is 4.79 Å². The smallest absolute Gasteiger partial charge is 0.253 e. The molecule has 1 fully saturated rings. The van der Waals surface area contributed by atoms with Crippen molar-refractivity contribution in [3.63, 3.8) is 0 Å². The van der Waals surface area contributed by atoms with Gasteiger partial charge in [0.25, 0.3) is 5.56 Å². The molecule has 178 valence electrons. The highest BCUT2D eigenvalue weighted by molar-refractivity contribution is 7.90. The zero-order valence-electron chi connectivity index (χ0n) is 20.5. The van der Waals surface area contributed by atoms with Gasteiger partial charge in [0.2, 0.25) is 0 Å². The number of hydrogen-bond donors (Lipinski definition) is 2. The third-order valence-electron chi connectivity index (χ3n) is 7.16. The Hall–Kier alpha value is -2.38. The van der Waals surface area contributed by atoms with Crippen LogP contribution in [0.1, 0.15) is 60.8 Å². The molecule has 7 heteroatoms. The van der Waals surface area contributed by atoms with Gasteiger partial charge < -0.3 is 14.9 Å². The third kappa shape index (κ3) is 4.66. The Kier molecular flexibility index (Phi) is 6.31. The second kappa shape index (κ2) is 8.76. The molecule has 0 atom stereocenters. The van der Waals surface area contributed by atoms with Gasteiger partial charge in [0.05, 0.1) is 11.4 Å². The van der Waals surface area contributed by atoms with Crippen LogP contribution in [0.5, 0.6) is 0 Å². The molecule has 0 amide bonds. The van der Waals surface area contributed by atoms with E-state index in [0.29, 0.717) is 24.4 Å².